The van der Waals surface area contributed by atoms with Crippen molar-refractivity contribution in [1.29, 1.82) is 0 Å². The number of nitrogens with one attached hydrogen (secondary N) is 1. The highest BCUT2D eigenvalue weighted by Gasteiger charge is 2.27. The molecule has 0 bridgehead atoms. The lowest BCUT2D eigenvalue weighted by Gasteiger charge is -2.34. The predicted octanol–water partition coefficient (Wildman–Crippen LogP) is 1.59. The first-order valence-corrected chi connectivity index (χ1v) is 5.56. The number of aryl methyl sites for hydroxylation is 1. The van der Waals surface area contributed by atoms with Gasteiger partial charge in [0, 0.05) is 13.1 Å². The van der Waals surface area contributed by atoms with Gasteiger partial charge in [0.05, 0.1) is 0 Å². The molecule has 1 saturated carbocycles. The minimum Gasteiger partial charge on any atom is -0.350 e. The normalized spacial score (nSPS) is 21.5. The SMILES string of the molecule is Cn1nnnc1NC1CCC(C)(C)CC1. The Morgan fingerprint density at radius 2 is 2.00 bits per heavy atom. The maximum atomic E-state index is 3.94. The van der Waals surface area contributed by atoms with Crippen molar-refractivity contribution in [1.82, 2.24) is 20.2 Å². The smallest absolute Gasteiger partial charge is 0.242 e. The summed E-state index contributed by atoms with van der Waals surface area (Å²) in [6, 6.07) is 0.530. The van der Waals surface area contributed by atoms with E-state index in [9.17, 15) is 0 Å². The molecule has 15 heavy (non-hydrogen) atoms. The molecule has 0 amide bonds. The van der Waals surface area contributed by atoms with Crippen molar-refractivity contribution in [3.63, 3.8) is 0 Å². The largest absolute Gasteiger partial charge is 0.350 e. The summed E-state index contributed by atoms with van der Waals surface area (Å²) in [5, 5.41) is 14.8. The average molecular weight is 209 g/mol. The van der Waals surface area contributed by atoms with Crippen LogP contribution in [0.2, 0.25) is 0 Å². The summed E-state index contributed by atoms with van der Waals surface area (Å²) < 4.78 is 1.68. The maximum absolute atomic E-state index is 3.94. The van der Waals surface area contributed by atoms with Gasteiger partial charge in [-0.3, -0.25) is 0 Å². The second kappa shape index (κ2) is 3.79. The maximum Gasteiger partial charge on any atom is 0.242 e. The second-order valence-corrected chi connectivity index (χ2v) is 5.21. The molecule has 1 heterocycles. The molecule has 0 aromatic carbocycles. The number of nitrogens with zero attached hydrogens (tertiary/aromatic N) is 4. The Labute approximate surface area is 90.2 Å². The van der Waals surface area contributed by atoms with E-state index < -0.39 is 0 Å². The first-order chi connectivity index (χ1) is 7.07. The Kier molecular flexibility index (Phi) is 2.63. The fourth-order valence-electron chi connectivity index (χ4n) is 2.08. The van der Waals surface area contributed by atoms with E-state index in [4.69, 9.17) is 0 Å². The molecule has 1 aliphatic carbocycles. The Morgan fingerprint density at radius 3 is 2.53 bits per heavy atom. The van der Waals surface area contributed by atoms with E-state index in [1.54, 1.807) is 4.68 Å². The quantitative estimate of drug-likeness (QED) is 0.803. The molecule has 1 aromatic rings. The van der Waals surface area contributed by atoms with Crippen molar-refractivity contribution in [2.45, 2.75) is 45.6 Å². The van der Waals surface area contributed by atoms with Gasteiger partial charge in [-0.05, 0) is 41.5 Å². The van der Waals surface area contributed by atoms with E-state index in [0.29, 0.717) is 11.5 Å². The van der Waals surface area contributed by atoms with Gasteiger partial charge >= 0.3 is 0 Å². The van der Waals surface area contributed by atoms with Gasteiger partial charge in [-0.25, -0.2) is 4.68 Å². The van der Waals surface area contributed by atoms with Gasteiger partial charge in [-0.15, -0.1) is 0 Å². The van der Waals surface area contributed by atoms with Gasteiger partial charge in [0.1, 0.15) is 0 Å². The number of hydrogen-bond donors (Lipinski definition) is 1. The molecule has 1 aromatic heterocycles. The van der Waals surface area contributed by atoms with Crippen molar-refractivity contribution in [2.24, 2.45) is 12.5 Å². The summed E-state index contributed by atoms with van der Waals surface area (Å²) in [5.41, 5.74) is 0.510. The van der Waals surface area contributed by atoms with Crippen LogP contribution in [0.3, 0.4) is 0 Å². The zero-order valence-corrected chi connectivity index (χ0v) is 9.69. The van der Waals surface area contributed by atoms with Crippen LogP contribution in [0.4, 0.5) is 5.95 Å². The fourth-order valence-corrected chi connectivity index (χ4v) is 2.08. The van der Waals surface area contributed by atoms with Crippen molar-refractivity contribution in [3.05, 3.63) is 0 Å². The molecule has 0 atom stereocenters. The van der Waals surface area contributed by atoms with Gasteiger partial charge in [0.15, 0.2) is 0 Å². The second-order valence-electron chi connectivity index (χ2n) is 5.21. The standard InChI is InChI=1S/C10H19N5/c1-10(2)6-4-8(5-7-10)11-9-12-13-14-15(9)3/h8H,4-7H2,1-3H3,(H,11,12,14). The van der Waals surface area contributed by atoms with Crippen LogP contribution in [-0.4, -0.2) is 26.2 Å². The van der Waals surface area contributed by atoms with Gasteiger partial charge in [0.2, 0.25) is 5.95 Å². The summed E-state index contributed by atoms with van der Waals surface area (Å²) >= 11 is 0. The summed E-state index contributed by atoms with van der Waals surface area (Å²) in [5.74, 6) is 0.778. The zero-order valence-electron chi connectivity index (χ0n) is 9.69. The fraction of sp³-hybridized carbons (Fsp3) is 0.900. The van der Waals surface area contributed by atoms with E-state index in [0.717, 1.165) is 5.95 Å². The number of aromatic nitrogens is 4. The van der Waals surface area contributed by atoms with Crippen LogP contribution in [-0.2, 0) is 7.05 Å². The molecule has 0 spiro atoms. The predicted molar refractivity (Wildman–Crippen MR) is 58.5 cm³/mol. The van der Waals surface area contributed by atoms with Gasteiger partial charge < -0.3 is 5.32 Å². The number of hydrogen-bond acceptors (Lipinski definition) is 4. The molecule has 1 fully saturated rings. The van der Waals surface area contributed by atoms with E-state index in [1.807, 2.05) is 7.05 Å². The first-order valence-electron chi connectivity index (χ1n) is 5.56. The average Bonchev–Trinajstić information content (AvgIpc) is 2.56. The van der Waals surface area contributed by atoms with Gasteiger partial charge in [-0.2, -0.15) is 0 Å². The summed E-state index contributed by atoms with van der Waals surface area (Å²) in [4.78, 5) is 0. The Balaban J connectivity index is 1.90. The summed E-state index contributed by atoms with van der Waals surface area (Å²) in [6.45, 7) is 4.68. The molecule has 84 valence electrons. The van der Waals surface area contributed by atoms with Gasteiger partial charge in [-0.1, -0.05) is 18.9 Å². The summed E-state index contributed by atoms with van der Waals surface area (Å²) in [6.07, 6.45) is 4.96. The van der Waals surface area contributed by atoms with Gasteiger partial charge in [0.25, 0.3) is 0 Å². The Bertz CT molecular complexity index is 320. The van der Waals surface area contributed by atoms with E-state index in [-0.39, 0.29) is 0 Å². The molecule has 1 aliphatic rings. The molecular formula is C10H19N5. The van der Waals surface area contributed by atoms with E-state index >= 15 is 0 Å². The lowest BCUT2D eigenvalue weighted by atomic mass is 9.76. The third-order valence-electron chi connectivity index (χ3n) is 3.29. The number of tetrazole rings is 1. The Morgan fingerprint density at radius 1 is 1.33 bits per heavy atom. The van der Waals surface area contributed by atoms with Crippen LogP contribution in [0, 0.1) is 5.41 Å². The lowest BCUT2D eigenvalue weighted by Crippen LogP contribution is -2.30. The molecule has 0 unspecified atom stereocenters. The molecular weight excluding hydrogens is 190 g/mol. The first kappa shape index (κ1) is 10.4. The van der Waals surface area contributed by atoms with E-state index in [2.05, 4.69) is 34.7 Å². The van der Waals surface area contributed by atoms with E-state index in [1.165, 1.54) is 25.7 Å². The molecule has 5 heteroatoms. The minimum absolute atomic E-state index is 0.510. The van der Waals surface area contributed by atoms with Crippen LogP contribution in [0.25, 0.3) is 0 Å². The van der Waals surface area contributed by atoms with Crippen LogP contribution in [0.5, 0.6) is 0 Å². The zero-order chi connectivity index (χ0) is 10.9. The van der Waals surface area contributed by atoms with Crippen molar-refractivity contribution in [3.8, 4) is 0 Å². The molecule has 0 radical (unpaired) electrons. The van der Waals surface area contributed by atoms with Crippen molar-refractivity contribution in [2.75, 3.05) is 5.32 Å². The Hall–Kier alpha value is -1.13. The highest BCUT2D eigenvalue weighted by Crippen LogP contribution is 2.35. The van der Waals surface area contributed by atoms with Crippen LogP contribution in [0.1, 0.15) is 39.5 Å². The van der Waals surface area contributed by atoms with Crippen LogP contribution < -0.4 is 5.32 Å². The molecule has 0 aliphatic heterocycles. The molecule has 2 rings (SSSR count). The van der Waals surface area contributed by atoms with Crippen LogP contribution >= 0.6 is 0 Å². The monoisotopic (exact) mass is 209 g/mol. The molecule has 1 N–H and O–H groups in total. The minimum atomic E-state index is 0.510. The highest BCUT2D eigenvalue weighted by molar-refractivity contribution is 5.23. The molecule has 5 nitrogen and oxygen atoms in total. The molecule has 0 saturated heterocycles. The topological polar surface area (TPSA) is 55.6 Å². The number of rotatable bonds is 2. The van der Waals surface area contributed by atoms with Crippen molar-refractivity contribution < 1.29 is 0 Å². The highest BCUT2D eigenvalue weighted by atomic mass is 15.6. The lowest BCUT2D eigenvalue weighted by molar-refractivity contribution is 0.232. The van der Waals surface area contributed by atoms with Crippen LogP contribution in [0.15, 0.2) is 0 Å². The third-order valence-corrected chi connectivity index (χ3v) is 3.29. The number of anilines is 1. The third kappa shape index (κ3) is 2.46. The van der Waals surface area contributed by atoms with Crippen molar-refractivity contribution >= 4 is 5.95 Å². The summed E-state index contributed by atoms with van der Waals surface area (Å²) in [7, 11) is 1.86.